The van der Waals surface area contributed by atoms with Crippen LogP contribution >= 0.6 is 0 Å². The van der Waals surface area contributed by atoms with Gasteiger partial charge < -0.3 is 20.9 Å². The molecule has 0 saturated heterocycles. The minimum absolute atomic E-state index is 0.0334. The number of carbonyl (C=O) groups excluding carboxylic acids is 1. The summed E-state index contributed by atoms with van der Waals surface area (Å²) in [5.41, 5.74) is 10.4. The standard InChI is InChI=1S/C22H22N4O3/c1-29-19-8-3-2-5-16(19)21-14-6-4-7-15(14)22(26-25-21)24-17-10-9-13(11-18(17)27)12-20(23)28/h2-3,5,8-11,27H,4,6-7,12H2,1H3,(H2,23,28)(H,24,26). The third-order valence-corrected chi connectivity index (χ3v) is 5.10. The Morgan fingerprint density at radius 3 is 2.72 bits per heavy atom. The van der Waals surface area contributed by atoms with Gasteiger partial charge in [-0.3, -0.25) is 4.79 Å². The summed E-state index contributed by atoms with van der Waals surface area (Å²) in [6.07, 6.45) is 2.89. The van der Waals surface area contributed by atoms with Gasteiger partial charge in [0.2, 0.25) is 5.91 Å². The smallest absolute Gasteiger partial charge is 0.221 e. The average molecular weight is 390 g/mol. The lowest BCUT2D eigenvalue weighted by atomic mass is 10.0. The Morgan fingerprint density at radius 2 is 1.97 bits per heavy atom. The molecule has 7 heteroatoms. The van der Waals surface area contributed by atoms with Crippen LogP contribution in [0.25, 0.3) is 11.3 Å². The van der Waals surface area contributed by atoms with E-state index in [0.717, 1.165) is 47.4 Å². The molecule has 0 bridgehead atoms. The summed E-state index contributed by atoms with van der Waals surface area (Å²) < 4.78 is 5.49. The van der Waals surface area contributed by atoms with Crippen molar-refractivity contribution in [2.75, 3.05) is 12.4 Å². The fourth-order valence-corrected chi connectivity index (χ4v) is 3.77. The van der Waals surface area contributed by atoms with Gasteiger partial charge in [-0.2, -0.15) is 0 Å². The first-order chi connectivity index (χ1) is 14.1. The topological polar surface area (TPSA) is 110 Å². The molecule has 0 unspecified atom stereocenters. The highest BCUT2D eigenvalue weighted by molar-refractivity contribution is 5.78. The van der Waals surface area contributed by atoms with Gasteiger partial charge in [-0.25, -0.2) is 0 Å². The Morgan fingerprint density at radius 1 is 1.17 bits per heavy atom. The van der Waals surface area contributed by atoms with Gasteiger partial charge >= 0.3 is 0 Å². The van der Waals surface area contributed by atoms with E-state index in [9.17, 15) is 9.90 Å². The number of amides is 1. The number of carbonyl (C=O) groups is 1. The van der Waals surface area contributed by atoms with Crippen LogP contribution in [0.1, 0.15) is 23.1 Å². The van der Waals surface area contributed by atoms with Crippen molar-refractivity contribution >= 4 is 17.4 Å². The molecule has 0 aliphatic heterocycles. The number of primary amides is 1. The number of hydrogen-bond donors (Lipinski definition) is 3. The number of aromatic hydroxyl groups is 1. The largest absolute Gasteiger partial charge is 0.506 e. The lowest BCUT2D eigenvalue weighted by Crippen LogP contribution is -2.13. The highest BCUT2D eigenvalue weighted by Crippen LogP contribution is 2.39. The van der Waals surface area contributed by atoms with E-state index in [1.807, 2.05) is 24.3 Å². The van der Waals surface area contributed by atoms with E-state index in [-0.39, 0.29) is 12.2 Å². The highest BCUT2D eigenvalue weighted by atomic mass is 16.5. The molecule has 7 nitrogen and oxygen atoms in total. The molecule has 148 valence electrons. The monoisotopic (exact) mass is 390 g/mol. The molecule has 1 aromatic heterocycles. The number of nitrogens with two attached hydrogens (primary N) is 1. The zero-order chi connectivity index (χ0) is 20.4. The number of methoxy groups -OCH3 is 1. The number of ether oxygens (including phenoxy) is 1. The van der Waals surface area contributed by atoms with Crippen molar-refractivity contribution < 1.29 is 14.6 Å². The Bertz CT molecular complexity index is 1080. The van der Waals surface area contributed by atoms with Crippen LogP contribution in [0, 0.1) is 0 Å². The lowest BCUT2D eigenvalue weighted by molar-refractivity contribution is -0.117. The molecule has 0 saturated carbocycles. The lowest BCUT2D eigenvalue weighted by Gasteiger charge is -2.15. The summed E-state index contributed by atoms with van der Waals surface area (Å²) in [5.74, 6) is 0.986. The van der Waals surface area contributed by atoms with Crippen LogP contribution in [-0.2, 0) is 24.1 Å². The van der Waals surface area contributed by atoms with E-state index in [2.05, 4.69) is 15.5 Å². The van der Waals surface area contributed by atoms with Gasteiger partial charge in [0, 0.05) is 11.1 Å². The molecule has 1 aliphatic rings. The van der Waals surface area contributed by atoms with E-state index < -0.39 is 5.91 Å². The number of para-hydroxylation sites is 1. The van der Waals surface area contributed by atoms with Gasteiger partial charge in [0.25, 0.3) is 0 Å². The van der Waals surface area contributed by atoms with Crippen LogP contribution in [0.2, 0.25) is 0 Å². The van der Waals surface area contributed by atoms with Crippen molar-refractivity contribution in [3.05, 3.63) is 59.2 Å². The number of fused-ring (bicyclic) bond motifs is 1. The number of rotatable bonds is 6. The minimum Gasteiger partial charge on any atom is -0.506 e. The minimum atomic E-state index is -0.444. The molecule has 0 fully saturated rings. The molecule has 4 rings (SSSR count). The molecular weight excluding hydrogens is 368 g/mol. The Hall–Kier alpha value is -3.61. The molecule has 1 heterocycles. The molecule has 2 aromatic carbocycles. The molecule has 1 amide bonds. The first-order valence-electron chi connectivity index (χ1n) is 9.46. The van der Waals surface area contributed by atoms with Crippen LogP contribution in [0.15, 0.2) is 42.5 Å². The molecule has 0 radical (unpaired) electrons. The van der Waals surface area contributed by atoms with Crippen molar-refractivity contribution in [2.45, 2.75) is 25.7 Å². The summed E-state index contributed by atoms with van der Waals surface area (Å²) in [6.45, 7) is 0. The number of aromatic nitrogens is 2. The second-order valence-electron chi connectivity index (χ2n) is 7.03. The Balaban J connectivity index is 1.69. The first kappa shape index (κ1) is 18.7. The quantitative estimate of drug-likeness (QED) is 0.558. The number of benzene rings is 2. The normalized spacial score (nSPS) is 12.4. The molecule has 1 aliphatic carbocycles. The van der Waals surface area contributed by atoms with Gasteiger partial charge in [-0.05, 0) is 54.7 Å². The van der Waals surface area contributed by atoms with Crippen LogP contribution in [0.3, 0.4) is 0 Å². The zero-order valence-electron chi connectivity index (χ0n) is 16.1. The van der Waals surface area contributed by atoms with E-state index in [0.29, 0.717) is 17.1 Å². The van der Waals surface area contributed by atoms with Crippen molar-refractivity contribution in [1.29, 1.82) is 0 Å². The predicted molar refractivity (Wildman–Crippen MR) is 110 cm³/mol. The molecule has 3 aromatic rings. The van der Waals surface area contributed by atoms with Gasteiger partial charge in [0.1, 0.15) is 17.2 Å². The van der Waals surface area contributed by atoms with Gasteiger partial charge in [0.05, 0.1) is 19.2 Å². The summed E-state index contributed by atoms with van der Waals surface area (Å²) in [5, 5.41) is 22.4. The molecule has 4 N–H and O–H groups in total. The first-order valence-corrected chi connectivity index (χ1v) is 9.46. The Labute approximate surface area is 168 Å². The van der Waals surface area contributed by atoms with Crippen LogP contribution < -0.4 is 15.8 Å². The average Bonchev–Trinajstić information content (AvgIpc) is 3.20. The second kappa shape index (κ2) is 7.79. The number of nitrogens with one attached hydrogen (secondary N) is 1. The summed E-state index contributed by atoms with van der Waals surface area (Å²) in [7, 11) is 1.65. The number of anilines is 2. The molecule has 0 atom stereocenters. The summed E-state index contributed by atoms with van der Waals surface area (Å²) in [6, 6.07) is 12.8. The maximum Gasteiger partial charge on any atom is 0.221 e. The molecule has 0 spiro atoms. The van der Waals surface area contributed by atoms with E-state index >= 15 is 0 Å². The number of phenolic OH excluding ortho intramolecular Hbond substituents is 1. The van der Waals surface area contributed by atoms with E-state index in [4.69, 9.17) is 10.5 Å². The molecule has 29 heavy (non-hydrogen) atoms. The van der Waals surface area contributed by atoms with Crippen LogP contribution in [0.5, 0.6) is 11.5 Å². The van der Waals surface area contributed by atoms with Crippen LogP contribution in [-0.4, -0.2) is 28.3 Å². The number of phenols is 1. The maximum atomic E-state index is 11.1. The fourth-order valence-electron chi connectivity index (χ4n) is 3.77. The van der Waals surface area contributed by atoms with Crippen molar-refractivity contribution in [2.24, 2.45) is 5.73 Å². The van der Waals surface area contributed by atoms with Crippen LogP contribution in [0.4, 0.5) is 11.5 Å². The summed E-state index contributed by atoms with van der Waals surface area (Å²) in [4.78, 5) is 11.1. The Kier molecular flexibility index (Phi) is 5.03. The number of hydrogen-bond acceptors (Lipinski definition) is 6. The van der Waals surface area contributed by atoms with E-state index in [1.54, 1.807) is 19.2 Å². The zero-order valence-corrected chi connectivity index (χ0v) is 16.1. The highest BCUT2D eigenvalue weighted by Gasteiger charge is 2.24. The van der Waals surface area contributed by atoms with E-state index in [1.165, 1.54) is 6.07 Å². The van der Waals surface area contributed by atoms with Crippen molar-refractivity contribution in [3.8, 4) is 22.8 Å². The maximum absolute atomic E-state index is 11.1. The van der Waals surface area contributed by atoms with Gasteiger partial charge in [-0.1, -0.05) is 18.2 Å². The molecular formula is C22H22N4O3. The predicted octanol–water partition coefficient (Wildman–Crippen LogP) is 3.12. The van der Waals surface area contributed by atoms with Crippen molar-refractivity contribution in [1.82, 2.24) is 10.2 Å². The number of nitrogens with zero attached hydrogens (tertiary/aromatic N) is 2. The van der Waals surface area contributed by atoms with Crippen molar-refractivity contribution in [3.63, 3.8) is 0 Å². The SMILES string of the molecule is COc1ccccc1-c1nnc(Nc2ccc(CC(N)=O)cc2O)c2c1CCC2. The van der Waals surface area contributed by atoms with Gasteiger partial charge in [-0.15, -0.1) is 10.2 Å². The summed E-state index contributed by atoms with van der Waals surface area (Å²) >= 11 is 0. The third kappa shape index (κ3) is 3.71. The third-order valence-electron chi connectivity index (χ3n) is 5.10. The van der Waals surface area contributed by atoms with Gasteiger partial charge in [0.15, 0.2) is 5.82 Å². The fraction of sp³-hybridized carbons (Fsp3) is 0.227. The second-order valence-corrected chi connectivity index (χ2v) is 7.03.